The van der Waals surface area contributed by atoms with Crippen LogP contribution in [0, 0.1) is 11.6 Å². The van der Waals surface area contributed by atoms with Crippen molar-refractivity contribution >= 4 is 23.1 Å². The summed E-state index contributed by atoms with van der Waals surface area (Å²) in [6, 6.07) is 3.40. The Labute approximate surface area is 110 Å². The lowest BCUT2D eigenvalue weighted by atomic mass is 10.1. The number of hydrogen-bond donors (Lipinski definition) is 1. The fourth-order valence-corrected chi connectivity index (χ4v) is 1.66. The van der Waals surface area contributed by atoms with Crippen molar-refractivity contribution in [1.29, 1.82) is 0 Å². The van der Waals surface area contributed by atoms with Crippen LogP contribution < -0.4 is 5.73 Å². The second kappa shape index (κ2) is 6.39. The minimum Gasteiger partial charge on any atom is -0.392 e. The van der Waals surface area contributed by atoms with E-state index in [9.17, 15) is 13.6 Å². The van der Waals surface area contributed by atoms with Crippen LogP contribution in [0.3, 0.4) is 0 Å². The number of likely N-dealkylation sites (N-methyl/N-ethyl adjacent to an activating group) is 1. The number of carbonyl (C=O) groups excluding carboxylic acids is 1. The number of amides is 1. The van der Waals surface area contributed by atoms with E-state index in [4.69, 9.17) is 18.0 Å². The van der Waals surface area contributed by atoms with E-state index in [0.29, 0.717) is 12.1 Å². The summed E-state index contributed by atoms with van der Waals surface area (Å²) in [5.41, 5.74) is 5.79. The smallest absolute Gasteiger partial charge is 0.227 e. The van der Waals surface area contributed by atoms with Crippen molar-refractivity contribution < 1.29 is 13.6 Å². The molecule has 0 atom stereocenters. The number of thiocarbonyl (C=S) groups is 1. The normalized spacial score (nSPS) is 10.2. The molecule has 3 nitrogen and oxygen atoms in total. The second-order valence-corrected chi connectivity index (χ2v) is 4.32. The molecular weight excluding hydrogens is 258 g/mol. The predicted octanol–water partition coefficient (Wildman–Crippen LogP) is 1.64. The van der Waals surface area contributed by atoms with Crippen molar-refractivity contribution in [2.24, 2.45) is 5.73 Å². The van der Waals surface area contributed by atoms with E-state index in [1.807, 2.05) is 0 Å². The molecule has 0 radical (unpaired) electrons. The Balaban J connectivity index is 2.73. The van der Waals surface area contributed by atoms with E-state index in [-0.39, 0.29) is 23.9 Å². The molecule has 0 saturated carbocycles. The molecule has 0 aliphatic carbocycles. The van der Waals surface area contributed by atoms with Gasteiger partial charge in [0.1, 0.15) is 0 Å². The van der Waals surface area contributed by atoms with Gasteiger partial charge in [-0.25, -0.2) is 8.78 Å². The summed E-state index contributed by atoms with van der Waals surface area (Å²) in [6.45, 7) is 2.44. The maximum atomic E-state index is 13.0. The Morgan fingerprint density at radius 2 is 2.06 bits per heavy atom. The number of halogens is 2. The molecular formula is C12H14F2N2OS. The van der Waals surface area contributed by atoms with Crippen LogP contribution in [-0.2, 0) is 11.2 Å². The van der Waals surface area contributed by atoms with Crippen molar-refractivity contribution in [3.8, 4) is 0 Å². The fourth-order valence-electron chi connectivity index (χ4n) is 1.50. The summed E-state index contributed by atoms with van der Waals surface area (Å²) >= 11 is 4.73. The van der Waals surface area contributed by atoms with Crippen molar-refractivity contribution in [3.05, 3.63) is 35.4 Å². The van der Waals surface area contributed by atoms with Gasteiger partial charge in [0.2, 0.25) is 5.91 Å². The third-order valence-corrected chi connectivity index (χ3v) is 2.55. The highest BCUT2D eigenvalue weighted by Crippen LogP contribution is 2.10. The molecule has 0 bridgehead atoms. The third kappa shape index (κ3) is 4.03. The van der Waals surface area contributed by atoms with Gasteiger partial charge in [0, 0.05) is 6.54 Å². The Kier molecular flexibility index (Phi) is 5.15. The molecule has 0 spiro atoms. The number of nitrogens with two attached hydrogens (primary N) is 1. The van der Waals surface area contributed by atoms with E-state index in [2.05, 4.69) is 0 Å². The number of rotatable bonds is 5. The fraction of sp³-hybridized carbons (Fsp3) is 0.333. The van der Waals surface area contributed by atoms with Gasteiger partial charge in [-0.05, 0) is 24.6 Å². The number of nitrogens with zero attached hydrogens (tertiary/aromatic N) is 1. The van der Waals surface area contributed by atoms with E-state index in [1.165, 1.54) is 11.0 Å². The Morgan fingerprint density at radius 3 is 2.56 bits per heavy atom. The van der Waals surface area contributed by atoms with Crippen LogP contribution in [-0.4, -0.2) is 28.9 Å². The van der Waals surface area contributed by atoms with Crippen LogP contribution in [0.2, 0.25) is 0 Å². The number of hydrogen-bond acceptors (Lipinski definition) is 2. The molecule has 2 N–H and O–H groups in total. The van der Waals surface area contributed by atoms with Crippen LogP contribution in [0.5, 0.6) is 0 Å². The standard InChI is InChI=1S/C12H14F2N2OS/c1-2-16(7-11(15)18)12(17)6-8-3-4-9(13)10(14)5-8/h3-5H,2,6-7H2,1H3,(H2,15,18). The largest absolute Gasteiger partial charge is 0.392 e. The van der Waals surface area contributed by atoms with Crippen LogP contribution in [0.1, 0.15) is 12.5 Å². The topological polar surface area (TPSA) is 46.3 Å². The third-order valence-electron chi connectivity index (χ3n) is 2.42. The van der Waals surface area contributed by atoms with Gasteiger partial charge in [-0.15, -0.1) is 0 Å². The first-order chi connectivity index (χ1) is 8.43. The highest BCUT2D eigenvalue weighted by atomic mass is 32.1. The summed E-state index contributed by atoms with van der Waals surface area (Å²) < 4.78 is 25.7. The lowest BCUT2D eigenvalue weighted by molar-refractivity contribution is -0.129. The average molecular weight is 272 g/mol. The molecule has 0 heterocycles. The van der Waals surface area contributed by atoms with E-state index >= 15 is 0 Å². The molecule has 0 saturated heterocycles. The monoisotopic (exact) mass is 272 g/mol. The molecule has 6 heteroatoms. The molecule has 1 aromatic rings. The van der Waals surface area contributed by atoms with Gasteiger partial charge in [-0.1, -0.05) is 18.3 Å². The Morgan fingerprint density at radius 1 is 1.39 bits per heavy atom. The summed E-state index contributed by atoms with van der Waals surface area (Å²) in [5.74, 6) is -2.12. The van der Waals surface area contributed by atoms with Crippen molar-refractivity contribution in [2.75, 3.05) is 13.1 Å². The summed E-state index contributed by atoms with van der Waals surface area (Å²) in [7, 11) is 0. The predicted molar refractivity (Wildman–Crippen MR) is 69.1 cm³/mol. The summed E-state index contributed by atoms with van der Waals surface area (Å²) in [6.07, 6.45) is -0.00630. The minimum atomic E-state index is -0.960. The van der Waals surface area contributed by atoms with Gasteiger partial charge in [-0.2, -0.15) is 0 Å². The zero-order valence-corrected chi connectivity index (χ0v) is 10.8. The van der Waals surface area contributed by atoms with Crippen LogP contribution in [0.15, 0.2) is 18.2 Å². The highest BCUT2D eigenvalue weighted by molar-refractivity contribution is 7.80. The zero-order chi connectivity index (χ0) is 13.7. The molecule has 98 valence electrons. The van der Waals surface area contributed by atoms with E-state index in [1.54, 1.807) is 6.92 Å². The molecule has 0 fully saturated rings. The van der Waals surface area contributed by atoms with Gasteiger partial charge in [0.25, 0.3) is 0 Å². The lowest BCUT2D eigenvalue weighted by Crippen LogP contribution is -2.38. The summed E-state index contributed by atoms with van der Waals surface area (Å²) in [4.78, 5) is 13.5. The van der Waals surface area contributed by atoms with Gasteiger partial charge < -0.3 is 10.6 Å². The molecule has 0 aliphatic heterocycles. The van der Waals surface area contributed by atoms with Crippen molar-refractivity contribution in [3.63, 3.8) is 0 Å². The molecule has 0 unspecified atom stereocenters. The van der Waals surface area contributed by atoms with E-state index in [0.717, 1.165) is 12.1 Å². The minimum absolute atomic E-state index is 0.00630. The van der Waals surface area contributed by atoms with Crippen molar-refractivity contribution in [2.45, 2.75) is 13.3 Å². The van der Waals surface area contributed by atoms with Gasteiger partial charge in [0.05, 0.1) is 18.0 Å². The van der Waals surface area contributed by atoms with Gasteiger partial charge >= 0.3 is 0 Å². The molecule has 0 aliphatic rings. The van der Waals surface area contributed by atoms with Gasteiger partial charge in [-0.3, -0.25) is 4.79 Å². The number of carbonyl (C=O) groups is 1. The van der Waals surface area contributed by atoms with Crippen molar-refractivity contribution in [1.82, 2.24) is 4.90 Å². The van der Waals surface area contributed by atoms with Crippen LogP contribution >= 0.6 is 12.2 Å². The maximum absolute atomic E-state index is 13.0. The first kappa shape index (κ1) is 14.5. The number of benzene rings is 1. The Hall–Kier alpha value is -1.56. The molecule has 1 rings (SSSR count). The molecule has 1 amide bonds. The highest BCUT2D eigenvalue weighted by Gasteiger charge is 2.14. The Bertz CT molecular complexity index is 465. The van der Waals surface area contributed by atoms with E-state index < -0.39 is 11.6 Å². The molecule has 18 heavy (non-hydrogen) atoms. The second-order valence-electron chi connectivity index (χ2n) is 3.80. The molecule has 0 aromatic heterocycles. The maximum Gasteiger partial charge on any atom is 0.227 e. The lowest BCUT2D eigenvalue weighted by Gasteiger charge is -2.20. The zero-order valence-electron chi connectivity index (χ0n) is 9.95. The SMILES string of the molecule is CCN(CC(N)=S)C(=O)Cc1ccc(F)c(F)c1. The quantitative estimate of drug-likeness (QED) is 0.829. The first-order valence-electron chi connectivity index (χ1n) is 5.44. The first-order valence-corrected chi connectivity index (χ1v) is 5.84. The summed E-state index contributed by atoms with van der Waals surface area (Å²) in [5, 5.41) is 0. The van der Waals surface area contributed by atoms with Crippen LogP contribution in [0.4, 0.5) is 8.78 Å². The average Bonchev–Trinajstić information content (AvgIpc) is 2.30. The van der Waals surface area contributed by atoms with Gasteiger partial charge in [0.15, 0.2) is 11.6 Å². The molecule has 1 aromatic carbocycles. The van der Waals surface area contributed by atoms with Crippen LogP contribution in [0.25, 0.3) is 0 Å².